The van der Waals surface area contributed by atoms with Crippen molar-refractivity contribution in [1.29, 1.82) is 0 Å². The van der Waals surface area contributed by atoms with Crippen molar-refractivity contribution in [3.05, 3.63) is 0 Å². The van der Waals surface area contributed by atoms with Gasteiger partial charge in [-0.2, -0.15) is 0 Å². The maximum atomic E-state index is 12.7. The van der Waals surface area contributed by atoms with E-state index in [1.165, 1.54) is 19.1 Å². The van der Waals surface area contributed by atoms with Crippen molar-refractivity contribution in [3.63, 3.8) is 0 Å². The summed E-state index contributed by atoms with van der Waals surface area (Å²) in [6, 6.07) is 1.05. The smallest absolute Gasteiger partial charge is 0.222 e. The van der Waals surface area contributed by atoms with Crippen molar-refractivity contribution < 1.29 is 13.2 Å². The van der Waals surface area contributed by atoms with Crippen molar-refractivity contribution in [3.8, 4) is 0 Å². The highest BCUT2D eigenvalue weighted by atomic mass is 35.5. The third-order valence-corrected chi connectivity index (χ3v) is 7.79. The number of carbonyl (C=O) groups is 1. The van der Waals surface area contributed by atoms with E-state index in [2.05, 4.69) is 5.32 Å². The van der Waals surface area contributed by atoms with E-state index in [9.17, 15) is 13.2 Å². The average molecular weight is 379 g/mol. The normalized spacial score (nSPS) is 36.0. The molecule has 2 aliphatic heterocycles. The molecule has 1 N–H and O–H groups in total. The van der Waals surface area contributed by atoms with Crippen LogP contribution in [0.15, 0.2) is 0 Å². The minimum atomic E-state index is -3.10. The Bertz CT molecular complexity index is 542. The van der Waals surface area contributed by atoms with Crippen LogP contribution < -0.4 is 5.32 Å². The van der Waals surface area contributed by atoms with Crippen LogP contribution in [0.2, 0.25) is 0 Å². The molecule has 140 valence electrons. The van der Waals surface area contributed by atoms with E-state index < -0.39 is 9.84 Å². The molecular weight excluding hydrogens is 348 g/mol. The number of hydrogen-bond donors (Lipinski definition) is 1. The zero-order valence-electron chi connectivity index (χ0n) is 14.7. The lowest BCUT2D eigenvalue weighted by molar-refractivity contribution is -0.133. The summed E-state index contributed by atoms with van der Waals surface area (Å²) in [6.45, 7) is 0. The van der Waals surface area contributed by atoms with Crippen molar-refractivity contribution >= 4 is 28.2 Å². The topological polar surface area (TPSA) is 66.5 Å². The number of carbonyl (C=O) groups excluding carboxylic acids is 1. The van der Waals surface area contributed by atoms with Gasteiger partial charge in [0.25, 0.3) is 0 Å². The van der Waals surface area contributed by atoms with E-state index in [4.69, 9.17) is 0 Å². The Morgan fingerprint density at radius 2 is 1.67 bits per heavy atom. The number of piperidine rings is 1. The van der Waals surface area contributed by atoms with Gasteiger partial charge in [0.05, 0.1) is 5.25 Å². The Morgan fingerprint density at radius 1 is 1.08 bits per heavy atom. The standard InChI is InChI=1S/C17H30N2O3S.ClH/c1-19(15-5-3-4-6-16(15)23(2,21)22)17(20)11-12-9-13-7-8-14(10-12)18-13;/h12-16,18H,3-11H2,1-2H3;1H. The molecule has 24 heavy (non-hydrogen) atoms. The summed E-state index contributed by atoms with van der Waals surface area (Å²) in [5.74, 6) is 0.598. The molecule has 0 aromatic heterocycles. The van der Waals surface area contributed by atoms with Gasteiger partial charge in [0, 0.05) is 37.8 Å². The van der Waals surface area contributed by atoms with E-state index in [-0.39, 0.29) is 29.6 Å². The molecule has 5 nitrogen and oxygen atoms in total. The second kappa shape index (κ2) is 7.92. The van der Waals surface area contributed by atoms with Gasteiger partial charge in [-0.05, 0) is 44.4 Å². The molecule has 0 aromatic rings. The summed E-state index contributed by atoms with van der Waals surface area (Å²) >= 11 is 0. The lowest BCUT2D eigenvalue weighted by Crippen LogP contribution is -2.50. The van der Waals surface area contributed by atoms with Crippen molar-refractivity contribution in [2.75, 3.05) is 13.3 Å². The second-order valence-corrected chi connectivity index (χ2v) is 10.2. The van der Waals surface area contributed by atoms with Gasteiger partial charge in [-0.15, -0.1) is 12.4 Å². The van der Waals surface area contributed by atoms with Gasteiger partial charge in [-0.3, -0.25) is 4.79 Å². The first-order valence-electron chi connectivity index (χ1n) is 9.05. The molecule has 3 rings (SSSR count). The second-order valence-electron chi connectivity index (χ2n) is 7.90. The molecule has 4 atom stereocenters. The van der Waals surface area contributed by atoms with Gasteiger partial charge in [0.2, 0.25) is 5.91 Å². The van der Waals surface area contributed by atoms with Crippen LogP contribution in [0.3, 0.4) is 0 Å². The molecule has 3 fully saturated rings. The Balaban J connectivity index is 0.00000208. The van der Waals surface area contributed by atoms with Crippen LogP contribution in [0.4, 0.5) is 0 Å². The van der Waals surface area contributed by atoms with Gasteiger partial charge in [0.15, 0.2) is 9.84 Å². The van der Waals surface area contributed by atoms with Crippen molar-refractivity contribution in [2.24, 2.45) is 5.92 Å². The summed E-state index contributed by atoms with van der Waals surface area (Å²) < 4.78 is 24.1. The zero-order valence-corrected chi connectivity index (χ0v) is 16.4. The molecule has 1 amide bonds. The molecule has 0 aromatic carbocycles. The zero-order chi connectivity index (χ0) is 16.6. The van der Waals surface area contributed by atoms with E-state index in [0.717, 1.165) is 32.1 Å². The Kier molecular flexibility index (Phi) is 6.59. The third kappa shape index (κ3) is 4.44. The fourth-order valence-electron chi connectivity index (χ4n) is 4.94. The van der Waals surface area contributed by atoms with Crippen molar-refractivity contribution in [1.82, 2.24) is 10.2 Å². The predicted molar refractivity (Wildman–Crippen MR) is 98.2 cm³/mol. The summed E-state index contributed by atoms with van der Waals surface area (Å²) in [5, 5.41) is 3.23. The molecule has 2 heterocycles. The monoisotopic (exact) mass is 378 g/mol. The number of sulfone groups is 1. The molecule has 1 saturated carbocycles. The third-order valence-electron chi connectivity index (χ3n) is 6.14. The summed E-state index contributed by atoms with van der Waals surface area (Å²) in [4.78, 5) is 14.5. The number of hydrogen-bond acceptors (Lipinski definition) is 4. The predicted octanol–water partition coefficient (Wildman–Crippen LogP) is 2.14. The van der Waals surface area contributed by atoms with Gasteiger partial charge in [0.1, 0.15) is 0 Å². The SMILES string of the molecule is CN(C(=O)CC1CC2CCC(C1)N2)C1CCCCC1S(C)(=O)=O.Cl. The number of nitrogens with zero attached hydrogens (tertiary/aromatic N) is 1. The van der Waals surface area contributed by atoms with E-state index in [1.807, 2.05) is 7.05 Å². The van der Waals surface area contributed by atoms with Gasteiger partial charge in [-0.1, -0.05) is 12.8 Å². The molecular formula is C17H31ClN2O3S. The van der Waals surface area contributed by atoms with Gasteiger partial charge < -0.3 is 10.2 Å². The fraction of sp³-hybridized carbons (Fsp3) is 0.941. The molecule has 4 unspecified atom stereocenters. The summed E-state index contributed by atoms with van der Waals surface area (Å²) in [5.41, 5.74) is 0. The molecule has 0 radical (unpaired) electrons. The van der Waals surface area contributed by atoms with E-state index in [0.29, 0.717) is 30.8 Å². The highest BCUT2D eigenvalue weighted by molar-refractivity contribution is 7.91. The van der Waals surface area contributed by atoms with Crippen LogP contribution in [0.1, 0.15) is 57.8 Å². The molecule has 1 aliphatic carbocycles. The van der Waals surface area contributed by atoms with Crippen LogP contribution in [0, 0.1) is 5.92 Å². The number of amides is 1. The van der Waals surface area contributed by atoms with Crippen LogP contribution in [-0.2, 0) is 14.6 Å². The lowest BCUT2D eigenvalue weighted by atomic mass is 9.88. The van der Waals surface area contributed by atoms with Crippen LogP contribution in [0.5, 0.6) is 0 Å². The molecule has 7 heteroatoms. The Hall–Kier alpha value is -0.330. The Labute approximate surface area is 152 Å². The number of nitrogens with one attached hydrogen (secondary N) is 1. The van der Waals surface area contributed by atoms with E-state index >= 15 is 0 Å². The first-order chi connectivity index (χ1) is 10.8. The van der Waals surface area contributed by atoms with E-state index in [1.54, 1.807) is 4.90 Å². The minimum absolute atomic E-state index is 0. The number of fused-ring (bicyclic) bond motifs is 2. The fourth-order valence-corrected chi connectivity index (χ4v) is 6.42. The van der Waals surface area contributed by atoms with Crippen LogP contribution in [0.25, 0.3) is 0 Å². The number of rotatable bonds is 4. The molecule has 0 spiro atoms. The average Bonchev–Trinajstić information content (AvgIpc) is 2.84. The highest BCUT2D eigenvalue weighted by Crippen LogP contribution is 2.34. The highest BCUT2D eigenvalue weighted by Gasteiger charge is 2.39. The summed E-state index contributed by atoms with van der Waals surface area (Å²) in [6.07, 6.45) is 10.0. The summed E-state index contributed by atoms with van der Waals surface area (Å²) in [7, 11) is -1.29. The van der Waals surface area contributed by atoms with Crippen LogP contribution >= 0.6 is 12.4 Å². The first-order valence-corrected chi connectivity index (χ1v) is 11.0. The maximum absolute atomic E-state index is 12.7. The Morgan fingerprint density at radius 3 is 2.25 bits per heavy atom. The first kappa shape index (κ1) is 20.0. The number of halogens is 1. The molecule has 2 bridgehead atoms. The van der Waals surface area contributed by atoms with Crippen molar-refractivity contribution in [2.45, 2.75) is 81.2 Å². The maximum Gasteiger partial charge on any atom is 0.222 e. The quantitative estimate of drug-likeness (QED) is 0.813. The lowest BCUT2D eigenvalue weighted by Gasteiger charge is -2.38. The van der Waals surface area contributed by atoms with Gasteiger partial charge >= 0.3 is 0 Å². The molecule has 2 saturated heterocycles. The minimum Gasteiger partial charge on any atom is -0.341 e. The molecule has 3 aliphatic rings. The largest absolute Gasteiger partial charge is 0.341 e. The van der Waals surface area contributed by atoms with Crippen LogP contribution in [-0.4, -0.2) is 55.9 Å². The van der Waals surface area contributed by atoms with Gasteiger partial charge in [-0.25, -0.2) is 8.42 Å².